The molecule has 0 spiro atoms. The Labute approximate surface area is 115 Å². The van der Waals surface area contributed by atoms with Gasteiger partial charge in [0.05, 0.1) is 12.6 Å². The largest absolute Gasteiger partial charge is 0.380 e. The average molecular weight is 258 g/mol. The highest BCUT2D eigenvalue weighted by atomic mass is 16.5. The molecule has 0 aromatic rings. The SMILES string of the molecule is CN1C=C(C2CN(C3CCOC3)C2)C2=CC=CCC21. The van der Waals surface area contributed by atoms with Gasteiger partial charge in [0.15, 0.2) is 0 Å². The Balaban J connectivity index is 1.45. The first-order valence-electron chi connectivity index (χ1n) is 7.45. The summed E-state index contributed by atoms with van der Waals surface area (Å²) in [5.74, 6) is 0.741. The molecule has 3 aliphatic heterocycles. The number of hydrogen-bond acceptors (Lipinski definition) is 3. The van der Waals surface area contributed by atoms with E-state index in [-0.39, 0.29) is 0 Å². The maximum absolute atomic E-state index is 5.49. The third-order valence-electron chi connectivity index (χ3n) is 5.07. The predicted molar refractivity (Wildman–Crippen MR) is 75.8 cm³/mol. The van der Waals surface area contributed by atoms with Gasteiger partial charge in [-0.15, -0.1) is 0 Å². The molecule has 0 aromatic heterocycles. The Morgan fingerprint density at radius 3 is 2.95 bits per heavy atom. The van der Waals surface area contributed by atoms with Crippen molar-refractivity contribution in [3.8, 4) is 0 Å². The quantitative estimate of drug-likeness (QED) is 0.751. The van der Waals surface area contributed by atoms with Crippen LogP contribution in [0.2, 0.25) is 0 Å². The predicted octanol–water partition coefficient (Wildman–Crippen LogP) is 1.79. The number of likely N-dealkylation sites (N-methyl/N-ethyl adjacent to an activating group) is 1. The van der Waals surface area contributed by atoms with E-state index in [1.807, 2.05) is 0 Å². The highest BCUT2D eigenvalue weighted by molar-refractivity contribution is 5.47. The molecule has 19 heavy (non-hydrogen) atoms. The first kappa shape index (κ1) is 11.7. The van der Waals surface area contributed by atoms with E-state index in [1.165, 1.54) is 19.5 Å². The van der Waals surface area contributed by atoms with Gasteiger partial charge in [0.25, 0.3) is 0 Å². The summed E-state index contributed by atoms with van der Waals surface area (Å²) in [7, 11) is 2.21. The molecule has 0 N–H and O–H groups in total. The molecule has 0 saturated carbocycles. The first-order valence-corrected chi connectivity index (χ1v) is 7.45. The fraction of sp³-hybridized carbons (Fsp3) is 0.625. The van der Waals surface area contributed by atoms with Crippen molar-refractivity contribution in [3.63, 3.8) is 0 Å². The van der Waals surface area contributed by atoms with Crippen molar-refractivity contribution in [2.24, 2.45) is 5.92 Å². The van der Waals surface area contributed by atoms with E-state index >= 15 is 0 Å². The summed E-state index contributed by atoms with van der Waals surface area (Å²) < 4.78 is 5.49. The number of fused-ring (bicyclic) bond motifs is 1. The van der Waals surface area contributed by atoms with Crippen molar-refractivity contribution in [1.29, 1.82) is 0 Å². The summed E-state index contributed by atoms with van der Waals surface area (Å²) >= 11 is 0. The lowest BCUT2D eigenvalue weighted by molar-refractivity contribution is 0.0618. The highest BCUT2D eigenvalue weighted by Gasteiger charge is 2.40. The number of allylic oxidation sites excluding steroid dienone is 2. The molecule has 3 heteroatoms. The molecule has 3 nitrogen and oxygen atoms in total. The van der Waals surface area contributed by atoms with Crippen LogP contribution in [0.25, 0.3) is 0 Å². The van der Waals surface area contributed by atoms with E-state index in [1.54, 1.807) is 11.1 Å². The van der Waals surface area contributed by atoms with Gasteiger partial charge in [0.1, 0.15) is 0 Å². The molecule has 0 aromatic carbocycles. The Bertz CT molecular complexity index is 453. The second-order valence-electron chi connectivity index (χ2n) is 6.22. The van der Waals surface area contributed by atoms with Crippen LogP contribution in [0.1, 0.15) is 12.8 Å². The topological polar surface area (TPSA) is 15.7 Å². The summed E-state index contributed by atoms with van der Waals surface area (Å²) in [5, 5.41) is 0. The fourth-order valence-electron chi connectivity index (χ4n) is 3.83. The fourth-order valence-corrected chi connectivity index (χ4v) is 3.83. The van der Waals surface area contributed by atoms with Crippen molar-refractivity contribution in [3.05, 3.63) is 35.6 Å². The van der Waals surface area contributed by atoms with Crippen molar-refractivity contribution in [2.75, 3.05) is 33.4 Å². The maximum Gasteiger partial charge on any atom is 0.0622 e. The average Bonchev–Trinajstić information content (AvgIpc) is 2.98. The van der Waals surface area contributed by atoms with Crippen LogP contribution in [0.15, 0.2) is 35.6 Å². The summed E-state index contributed by atoms with van der Waals surface area (Å²) in [6.45, 7) is 4.35. The lowest BCUT2D eigenvalue weighted by atomic mass is 9.83. The summed E-state index contributed by atoms with van der Waals surface area (Å²) in [6.07, 6.45) is 11.6. The minimum absolute atomic E-state index is 0.601. The zero-order valence-electron chi connectivity index (χ0n) is 11.6. The number of hydrogen-bond donors (Lipinski definition) is 0. The Morgan fingerprint density at radius 2 is 2.16 bits per heavy atom. The van der Waals surface area contributed by atoms with Gasteiger partial charge in [-0.05, 0) is 24.0 Å². The number of ether oxygens (including phenoxy) is 1. The van der Waals surface area contributed by atoms with Gasteiger partial charge in [0.2, 0.25) is 0 Å². The van der Waals surface area contributed by atoms with E-state index in [9.17, 15) is 0 Å². The molecule has 2 atom stereocenters. The molecule has 0 amide bonds. The monoisotopic (exact) mass is 258 g/mol. The second-order valence-corrected chi connectivity index (χ2v) is 6.22. The zero-order chi connectivity index (χ0) is 12.8. The molecule has 2 saturated heterocycles. The summed E-state index contributed by atoms with van der Waals surface area (Å²) in [6, 6.07) is 1.29. The van der Waals surface area contributed by atoms with Crippen LogP contribution < -0.4 is 0 Å². The lowest BCUT2D eigenvalue weighted by Gasteiger charge is -2.43. The Kier molecular flexibility index (Phi) is 2.78. The molecule has 0 radical (unpaired) electrons. The zero-order valence-corrected chi connectivity index (χ0v) is 11.6. The van der Waals surface area contributed by atoms with E-state index in [2.05, 4.69) is 41.3 Å². The molecule has 102 valence electrons. The molecule has 1 aliphatic carbocycles. The van der Waals surface area contributed by atoms with Crippen LogP contribution in [0.4, 0.5) is 0 Å². The number of likely N-dealkylation sites (tertiary alicyclic amines) is 1. The highest BCUT2D eigenvalue weighted by Crippen LogP contribution is 2.39. The third-order valence-corrected chi connectivity index (χ3v) is 5.07. The van der Waals surface area contributed by atoms with Crippen LogP contribution in [0.3, 0.4) is 0 Å². The van der Waals surface area contributed by atoms with E-state index in [4.69, 9.17) is 4.74 Å². The molecule has 2 unspecified atom stereocenters. The lowest BCUT2D eigenvalue weighted by Crippen LogP contribution is -2.53. The molecule has 3 heterocycles. The van der Waals surface area contributed by atoms with Crippen molar-refractivity contribution in [1.82, 2.24) is 9.80 Å². The maximum atomic E-state index is 5.49. The van der Waals surface area contributed by atoms with Crippen molar-refractivity contribution >= 4 is 0 Å². The van der Waals surface area contributed by atoms with Crippen molar-refractivity contribution < 1.29 is 4.74 Å². The van der Waals surface area contributed by atoms with Gasteiger partial charge in [-0.3, -0.25) is 4.90 Å². The standard InChI is InChI=1S/C16H22N2O/c1-17-10-15(14-4-2-3-5-16(14)17)12-8-18(9-12)13-6-7-19-11-13/h2-4,10,12-13,16H,5-9,11H2,1H3. The van der Waals surface area contributed by atoms with Crippen LogP contribution in [0.5, 0.6) is 0 Å². The summed E-state index contributed by atoms with van der Waals surface area (Å²) in [5.41, 5.74) is 3.16. The van der Waals surface area contributed by atoms with Crippen LogP contribution in [-0.2, 0) is 4.74 Å². The minimum atomic E-state index is 0.601. The number of rotatable bonds is 2. The van der Waals surface area contributed by atoms with E-state index < -0.39 is 0 Å². The van der Waals surface area contributed by atoms with Crippen LogP contribution >= 0.6 is 0 Å². The van der Waals surface area contributed by atoms with Crippen molar-refractivity contribution in [2.45, 2.75) is 24.9 Å². The molecular formula is C16H22N2O. The van der Waals surface area contributed by atoms with Gasteiger partial charge in [-0.2, -0.15) is 0 Å². The van der Waals surface area contributed by atoms with E-state index in [0.29, 0.717) is 12.1 Å². The van der Waals surface area contributed by atoms with Gasteiger partial charge in [-0.25, -0.2) is 0 Å². The van der Waals surface area contributed by atoms with Gasteiger partial charge in [-0.1, -0.05) is 18.2 Å². The Morgan fingerprint density at radius 1 is 1.26 bits per heavy atom. The number of nitrogens with zero attached hydrogens (tertiary/aromatic N) is 2. The molecular weight excluding hydrogens is 236 g/mol. The van der Waals surface area contributed by atoms with Gasteiger partial charge < -0.3 is 9.64 Å². The molecule has 0 bridgehead atoms. The van der Waals surface area contributed by atoms with Crippen LogP contribution in [0, 0.1) is 5.92 Å². The molecule has 4 rings (SSSR count). The smallest absolute Gasteiger partial charge is 0.0622 e. The first-order chi connectivity index (χ1) is 9.33. The summed E-state index contributed by atoms with van der Waals surface area (Å²) in [4.78, 5) is 5.00. The van der Waals surface area contributed by atoms with Gasteiger partial charge >= 0.3 is 0 Å². The minimum Gasteiger partial charge on any atom is -0.380 e. The van der Waals surface area contributed by atoms with E-state index in [0.717, 1.165) is 25.6 Å². The molecule has 4 aliphatic rings. The van der Waals surface area contributed by atoms with Gasteiger partial charge in [0, 0.05) is 44.9 Å². The molecule has 2 fully saturated rings. The Hall–Kier alpha value is -1.06. The third kappa shape index (κ3) is 1.87. The second kappa shape index (κ2) is 4.50. The van der Waals surface area contributed by atoms with Crippen LogP contribution in [-0.4, -0.2) is 55.2 Å². The normalized spacial score (nSPS) is 35.1.